The molecule has 0 saturated carbocycles. The van der Waals surface area contributed by atoms with Crippen molar-refractivity contribution in [1.82, 2.24) is 0 Å². The molecule has 2 aliphatic carbocycles. The standard InChI is InChI=1S/C29H36O6/c1-27(2,3)26(32)35-19-10-9-16(11-20(19)33-8)23-24-17(30)12-28(4,5)14-21(24)34-22-15-29(6,7)13-18(31)25(22)23/h9-11,23H,12-15H2,1-8H3. The fourth-order valence-electron chi connectivity index (χ4n) is 5.21. The summed E-state index contributed by atoms with van der Waals surface area (Å²) in [5.74, 6) is 1.13. The zero-order valence-corrected chi connectivity index (χ0v) is 22.1. The molecule has 6 nitrogen and oxygen atoms in total. The van der Waals surface area contributed by atoms with Crippen LogP contribution in [0.1, 0.15) is 85.6 Å². The van der Waals surface area contributed by atoms with Crippen LogP contribution in [0.4, 0.5) is 0 Å². The molecule has 1 heterocycles. The molecule has 0 fully saturated rings. The molecule has 0 bridgehead atoms. The number of ketones is 2. The summed E-state index contributed by atoms with van der Waals surface area (Å²) >= 11 is 0. The van der Waals surface area contributed by atoms with Gasteiger partial charge in [-0.25, -0.2) is 0 Å². The van der Waals surface area contributed by atoms with Gasteiger partial charge in [0.15, 0.2) is 23.1 Å². The van der Waals surface area contributed by atoms with Crippen LogP contribution in [0.15, 0.2) is 40.9 Å². The molecular weight excluding hydrogens is 444 g/mol. The van der Waals surface area contributed by atoms with Crippen LogP contribution < -0.4 is 9.47 Å². The molecule has 0 N–H and O–H groups in total. The predicted molar refractivity (Wildman–Crippen MR) is 132 cm³/mol. The Labute approximate surface area is 207 Å². The maximum absolute atomic E-state index is 13.4. The number of hydrogen-bond donors (Lipinski definition) is 0. The minimum atomic E-state index is -0.674. The third-order valence-electron chi connectivity index (χ3n) is 6.92. The molecule has 0 saturated heterocycles. The van der Waals surface area contributed by atoms with Crippen LogP contribution >= 0.6 is 0 Å². The zero-order valence-electron chi connectivity index (χ0n) is 22.1. The lowest BCUT2D eigenvalue weighted by molar-refractivity contribution is -0.143. The highest BCUT2D eigenvalue weighted by molar-refractivity contribution is 6.06. The van der Waals surface area contributed by atoms with E-state index >= 15 is 0 Å². The van der Waals surface area contributed by atoms with Gasteiger partial charge in [0.2, 0.25) is 0 Å². The van der Waals surface area contributed by atoms with E-state index in [2.05, 4.69) is 27.7 Å². The summed E-state index contributed by atoms with van der Waals surface area (Å²) in [7, 11) is 1.51. The van der Waals surface area contributed by atoms with E-state index in [-0.39, 0.29) is 28.4 Å². The third kappa shape index (κ3) is 4.80. The molecule has 4 rings (SSSR count). The third-order valence-corrected chi connectivity index (χ3v) is 6.92. The van der Waals surface area contributed by atoms with Crippen molar-refractivity contribution in [3.05, 3.63) is 46.4 Å². The summed E-state index contributed by atoms with van der Waals surface area (Å²) < 4.78 is 17.5. The van der Waals surface area contributed by atoms with Gasteiger partial charge in [0.1, 0.15) is 11.5 Å². The summed E-state index contributed by atoms with van der Waals surface area (Å²) in [4.78, 5) is 39.4. The summed E-state index contributed by atoms with van der Waals surface area (Å²) in [6.07, 6.45) is 2.06. The van der Waals surface area contributed by atoms with Gasteiger partial charge < -0.3 is 14.2 Å². The minimum absolute atomic E-state index is 0.00707. The first-order chi connectivity index (χ1) is 16.1. The maximum atomic E-state index is 13.4. The van der Waals surface area contributed by atoms with E-state index < -0.39 is 11.3 Å². The number of methoxy groups -OCH3 is 1. The number of allylic oxidation sites excluding steroid dienone is 4. The van der Waals surface area contributed by atoms with Gasteiger partial charge in [0.05, 0.1) is 12.5 Å². The number of esters is 1. The van der Waals surface area contributed by atoms with Gasteiger partial charge in [-0.3, -0.25) is 14.4 Å². The Kier molecular flexibility index (Phi) is 6.02. The largest absolute Gasteiger partial charge is 0.493 e. The average molecular weight is 481 g/mol. The molecule has 3 aliphatic rings. The Balaban J connectivity index is 1.85. The van der Waals surface area contributed by atoms with Crippen LogP contribution in [0, 0.1) is 16.2 Å². The second-order valence-electron chi connectivity index (χ2n) is 12.6. The highest BCUT2D eigenvalue weighted by atomic mass is 16.6. The average Bonchev–Trinajstić information content (AvgIpc) is 2.70. The number of carbonyl (C=O) groups is 3. The van der Waals surface area contributed by atoms with E-state index in [0.29, 0.717) is 59.8 Å². The maximum Gasteiger partial charge on any atom is 0.316 e. The quantitative estimate of drug-likeness (QED) is 0.387. The molecule has 0 amide bonds. The molecule has 0 spiro atoms. The Hall–Kier alpha value is -2.89. The Morgan fingerprint density at radius 1 is 0.886 bits per heavy atom. The van der Waals surface area contributed by atoms with Gasteiger partial charge in [-0.2, -0.15) is 0 Å². The van der Waals surface area contributed by atoms with Crippen LogP contribution in [-0.2, 0) is 19.1 Å². The van der Waals surface area contributed by atoms with E-state index in [9.17, 15) is 14.4 Å². The molecule has 0 unspecified atom stereocenters. The van der Waals surface area contributed by atoms with E-state index in [1.54, 1.807) is 32.9 Å². The van der Waals surface area contributed by atoms with Crippen LogP contribution in [0.5, 0.6) is 11.5 Å². The fraction of sp³-hybridized carbons (Fsp3) is 0.552. The zero-order chi connectivity index (χ0) is 25.9. The lowest BCUT2D eigenvalue weighted by atomic mass is 9.65. The predicted octanol–water partition coefficient (Wildman–Crippen LogP) is 6.05. The molecule has 0 atom stereocenters. The van der Waals surface area contributed by atoms with Gasteiger partial charge >= 0.3 is 5.97 Å². The van der Waals surface area contributed by atoms with Crippen molar-refractivity contribution in [2.24, 2.45) is 16.2 Å². The summed E-state index contributed by atoms with van der Waals surface area (Å²) in [5.41, 5.74) is 0.786. The minimum Gasteiger partial charge on any atom is -0.493 e. The number of rotatable bonds is 3. The van der Waals surface area contributed by atoms with Crippen LogP contribution in [0.3, 0.4) is 0 Å². The van der Waals surface area contributed by atoms with Crippen molar-refractivity contribution in [2.45, 2.75) is 80.1 Å². The number of Topliss-reactive ketones (excluding diaryl/α,β-unsaturated/α-hetero) is 2. The molecule has 1 aromatic rings. The molecular formula is C29H36O6. The molecule has 0 radical (unpaired) electrons. The second-order valence-corrected chi connectivity index (χ2v) is 12.6. The number of hydrogen-bond acceptors (Lipinski definition) is 6. The van der Waals surface area contributed by atoms with Crippen molar-refractivity contribution in [3.63, 3.8) is 0 Å². The van der Waals surface area contributed by atoms with Gasteiger partial charge in [-0.1, -0.05) is 33.8 Å². The molecule has 6 heteroatoms. The molecule has 0 aromatic heterocycles. The van der Waals surface area contributed by atoms with Gasteiger partial charge in [0.25, 0.3) is 0 Å². The number of carbonyl (C=O) groups excluding carboxylic acids is 3. The first kappa shape index (κ1) is 25.2. The molecule has 1 aliphatic heterocycles. The van der Waals surface area contributed by atoms with Crippen molar-refractivity contribution in [2.75, 3.05) is 7.11 Å². The highest BCUT2D eigenvalue weighted by Gasteiger charge is 2.48. The van der Waals surface area contributed by atoms with E-state index in [1.165, 1.54) is 7.11 Å². The normalized spacial score (nSPS) is 21.8. The lowest BCUT2D eigenvalue weighted by Crippen LogP contribution is -2.37. The van der Waals surface area contributed by atoms with Crippen LogP contribution in [-0.4, -0.2) is 24.6 Å². The smallest absolute Gasteiger partial charge is 0.316 e. The fourth-order valence-corrected chi connectivity index (χ4v) is 5.21. The lowest BCUT2D eigenvalue weighted by Gasteiger charge is -2.42. The van der Waals surface area contributed by atoms with Crippen molar-refractivity contribution in [3.8, 4) is 11.5 Å². The molecule has 1 aromatic carbocycles. The summed E-state index contributed by atoms with van der Waals surface area (Å²) in [6, 6.07) is 5.28. The van der Waals surface area contributed by atoms with E-state index in [4.69, 9.17) is 14.2 Å². The molecule has 35 heavy (non-hydrogen) atoms. The summed E-state index contributed by atoms with van der Waals surface area (Å²) in [6.45, 7) is 13.6. The first-order valence-corrected chi connectivity index (χ1v) is 12.2. The number of benzene rings is 1. The Morgan fingerprint density at radius 3 is 1.86 bits per heavy atom. The van der Waals surface area contributed by atoms with Crippen LogP contribution in [0.25, 0.3) is 0 Å². The first-order valence-electron chi connectivity index (χ1n) is 12.2. The van der Waals surface area contributed by atoms with Crippen LogP contribution in [0.2, 0.25) is 0 Å². The van der Waals surface area contributed by atoms with Gasteiger partial charge in [-0.15, -0.1) is 0 Å². The topological polar surface area (TPSA) is 78.9 Å². The second kappa shape index (κ2) is 8.35. The number of ether oxygens (including phenoxy) is 3. The van der Waals surface area contributed by atoms with Crippen molar-refractivity contribution < 1.29 is 28.6 Å². The van der Waals surface area contributed by atoms with Gasteiger partial charge in [0, 0.05) is 42.7 Å². The summed E-state index contributed by atoms with van der Waals surface area (Å²) in [5, 5.41) is 0. The Bertz CT molecular complexity index is 1120. The van der Waals surface area contributed by atoms with E-state index in [1.807, 2.05) is 6.07 Å². The highest BCUT2D eigenvalue weighted by Crippen LogP contribution is 2.53. The van der Waals surface area contributed by atoms with Gasteiger partial charge in [-0.05, 0) is 49.3 Å². The molecule has 188 valence electrons. The van der Waals surface area contributed by atoms with E-state index in [0.717, 1.165) is 5.56 Å². The Morgan fingerprint density at radius 2 is 1.40 bits per heavy atom. The van der Waals surface area contributed by atoms with Crippen molar-refractivity contribution >= 4 is 17.5 Å². The van der Waals surface area contributed by atoms with Crippen molar-refractivity contribution in [1.29, 1.82) is 0 Å². The SMILES string of the molecule is COc1cc(C2C3=C(CC(C)(C)CC3=O)OC3=C2C(=O)CC(C)(C)C3)ccc1OC(=O)C(C)(C)C. The monoisotopic (exact) mass is 480 g/mol.